The van der Waals surface area contributed by atoms with Gasteiger partial charge in [-0.15, -0.1) is 0 Å². The molecule has 6 N–H and O–H groups in total. The maximum absolute atomic E-state index is 13.9. The Morgan fingerprint density at radius 1 is 0.956 bits per heavy atom. The number of nitrogens with zero attached hydrogens (tertiary/aromatic N) is 1. The van der Waals surface area contributed by atoms with Gasteiger partial charge < -0.3 is 35.5 Å². The molecule has 1 aromatic heterocycles. The number of amides is 3. The Labute approximate surface area is 263 Å². The first kappa shape index (κ1) is 34.1. The summed E-state index contributed by atoms with van der Waals surface area (Å²) in [6.45, 7) is 5.13. The Morgan fingerprint density at radius 3 is 2.29 bits per heavy atom. The Balaban J connectivity index is 1.58. The molecule has 2 unspecified atom stereocenters. The van der Waals surface area contributed by atoms with E-state index in [0.717, 1.165) is 48.4 Å². The average molecular weight is 642 g/mol. The zero-order valence-corrected chi connectivity index (χ0v) is 26.9. The maximum atomic E-state index is 13.9. The second kappa shape index (κ2) is 15.0. The third kappa shape index (κ3) is 10.4. The topological polar surface area (TPSA) is 183 Å². The number of imidazole rings is 1. The number of hydrogen-bond acceptors (Lipinski definition) is 6. The fourth-order valence-electron chi connectivity index (χ4n) is 5.73. The van der Waals surface area contributed by atoms with Crippen LogP contribution in [-0.4, -0.2) is 61.1 Å². The third-order valence-corrected chi connectivity index (χ3v) is 9.06. The van der Waals surface area contributed by atoms with E-state index < -0.39 is 49.0 Å². The van der Waals surface area contributed by atoms with Gasteiger partial charge in [0.15, 0.2) is 0 Å². The molecule has 1 heterocycles. The van der Waals surface area contributed by atoms with Gasteiger partial charge in [-0.05, 0) is 49.4 Å². The predicted molar refractivity (Wildman–Crippen MR) is 170 cm³/mol. The molecular weight excluding hydrogens is 597 g/mol. The normalized spacial score (nSPS) is 16.4. The van der Waals surface area contributed by atoms with Gasteiger partial charge in [0.2, 0.25) is 11.8 Å². The summed E-state index contributed by atoms with van der Waals surface area (Å²) < 4.78 is 17.9. The summed E-state index contributed by atoms with van der Waals surface area (Å²) in [5.41, 5.74) is 0.441. The summed E-state index contributed by atoms with van der Waals surface area (Å²) in [5, 5.41) is 9.79. The van der Waals surface area contributed by atoms with Crippen molar-refractivity contribution in [2.75, 3.05) is 0 Å². The van der Waals surface area contributed by atoms with Crippen LogP contribution in [0.15, 0.2) is 55.0 Å². The molecule has 4 rings (SSSR count). The number of aromatic nitrogens is 2. The average Bonchev–Trinajstić information content (AvgIpc) is 3.48. The number of nitrogens with one attached hydrogen (secondary N) is 4. The summed E-state index contributed by atoms with van der Waals surface area (Å²) in [7, 11) is -4.71. The second-order valence-electron chi connectivity index (χ2n) is 12.7. The monoisotopic (exact) mass is 641 g/mol. The van der Waals surface area contributed by atoms with Crippen molar-refractivity contribution in [2.24, 2.45) is 5.92 Å². The van der Waals surface area contributed by atoms with E-state index in [1.54, 1.807) is 27.0 Å². The maximum Gasteiger partial charge on any atom is 0.408 e. The van der Waals surface area contributed by atoms with Crippen molar-refractivity contribution >= 4 is 36.3 Å². The van der Waals surface area contributed by atoms with E-state index in [1.807, 2.05) is 42.5 Å². The minimum Gasteiger partial charge on any atom is -0.444 e. The molecule has 0 aliphatic heterocycles. The van der Waals surface area contributed by atoms with Gasteiger partial charge in [-0.3, -0.25) is 14.2 Å². The molecule has 0 bridgehead atoms. The zero-order chi connectivity index (χ0) is 32.6. The second-order valence-corrected chi connectivity index (χ2v) is 14.5. The number of fused-ring (bicyclic) bond motifs is 1. The van der Waals surface area contributed by atoms with Gasteiger partial charge >= 0.3 is 13.7 Å². The lowest BCUT2D eigenvalue weighted by atomic mass is 9.87. The molecule has 3 atom stereocenters. The van der Waals surface area contributed by atoms with Gasteiger partial charge in [0.25, 0.3) is 0 Å². The van der Waals surface area contributed by atoms with Crippen molar-refractivity contribution in [3.63, 3.8) is 0 Å². The number of ether oxygens (including phenoxy) is 1. The molecule has 12 nitrogen and oxygen atoms in total. The molecule has 45 heavy (non-hydrogen) atoms. The summed E-state index contributed by atoms with van der Waals surface area (Å²) in [4.78, 5) is 67.7. The number of H-pyrrole nitrogens is 1. The molecule has 2 aromatic carbocycles. The van der Waals surface area contributed by atoms with Gasteiger partial charge in [0.1, 0.15) is 23.5 Å². The highest BCUT2D eigenvalue weighted by Crippen LogP contribution is 2.44. The molecule has 1 saturated carbocycles. The Bertz CT molecular complexity index is 1490. The van der Waals surface area contributed by atoms with Gasteiger partial charge in [-0.2, -0.15) is 0 Å². The standard InChI is InChI=1S/C32H44N5O7P/c1-32(2,3)44-31(40)36-26(17-23-14-9-13-22-12-7-8-15-25(22)23)29(38)35-27(18-24-19-33-20-34-24)30(39)37-28(45(41,42)43)16-21-10-5-4-6-11-21/h7-9,12-15,19-21,26-28H,4-6,10-11,16-18H2,1-3H3,(H,33,34)(H,35,38)(H,36,40)(H,37,39)(H2,41,42,43)/t26?,27-,28?/m0/s1. The molecule has 3 amide bonds. The zero-order valence-electron chi connectivity index (χ0n) is 26.0. The summed E-state index contributed by atoms with van der Waals surface area (Å²) in [6.07, 6.45) is 7.11. The fourth-order valence-corrected chi connectivity index (χ4v) is 6.59. The smallest absolute Gasteiger partial charge is 0.408 e. The SMILES string of the molecule is CC(C)(C)OC(=O)NC(Cc1cccc2ccccc12)C(=O)N[C@@H](Cc1c[nH]cn1)C(=O)NC(CC1CCCCC1)P(=O)(O)O. The fraction of sp³-hybridized carbons (Fsp3) is 0.500. The third-order valence-electron chi connectivity index (χ3n) is 7.91. The lowest BCUT2D eigenvalue weighted by Crippen LogP contribution is -2.56. The highest BCUT2D eigenvalue weighted by Gasteiger charge is 2.36. The predicted octanol–water partition coefficient (Wildman–Crippen LogP) is 4.32. The van der Waals surface area contributed by atoms with Crippen LogP contribution in [0, 0.1) is 5.92 Å². The first-order valence-electron chi connectivity index (χ1n) is 15.4. The van der Waals surface area contributed by atoms with Crippen LogP contribution in [0.5, 0.6) is 0 Å². The van der Waals surface area contributed by atoms with Crippen LogP contribution in [0.2, 0.25) is 0 Å². The van der Waals surface area contributed by atoms with Crippen molar-refractivity contribution in [2.45, 2.75) is 95.6 Å². The highest BCUT2D eigenvalue weighted by molar-refractivity contribution is 7.52. The molecular formula is C32H44N5O7P. The Morgan fingerprint density at radius 2 is 1.62 bits per heavy atom. The van der Waals surface area contributed by atoms with Gasteiger partial charge in [0.05, 0.1) is 12.0 Å². The van der Waals surface area contributed by atoms with Crippen molar-refractivity contribution < 1.29 is 33.5 Å². The molecule has 0 spiro atoms. The minimum absolute atomic E-state index is 0.0498. The van der Waals surface area contributed by atoms with Crippen molar-refractivity contribution in [1.82, 2.24) is 25.9 Å². The van der Waals surface area contributed by atoms with E-state index in [9.17, 15) is 28.7 Å². The lowest BCUT2D eigenvalue weighted by Gasteiger charge is -2.29. The molecule has 3 aromatic rings. The number of aromatic amines is 1. The molecule has 244 valence electrons. The molecule has 1 fully saturated rings. The van der Waals surface area contributed by atoms with E-state index in [0.29, 0.717) is 5.69 Å². The summed E-state index contributed by atoms with van der Waals surface area (Å²) in [5.74, 6) is -2.72. The van der Waals surface area contributed by atoms with Crippen molar-refractivity contribution in [1.29, 1.82) is 0 Å². The van der Waals surface area contributed by atoms with Crippen LogP contribution in [-0.2, 0) is 31.7 Å². The first-order chi connectivity index (χ1) is 21.3. The number of alkyl carbamates (subject to hydrolysis) is 1. The van der Waals surface area contributed by atoms with E-state index >= 15 is 0 Å². The Kier molecular flexibility index (Phi) is 11.4. The molecule has 0 saturated heterocycles. The van der Waals surface area contributed by atoms with Crippen LogP contribution < -0.4 is 16.0 Å². The number of hydrogen-bond donors (Lipinski definition) is 6. The van der Waals surface area contributed by atoms with E-state index in [1.165, 1.54) is 6.33 Å². The summed E-state index contributed by atoms with van der Waals surface area (Å²) in [6, 6.07) is 11.0. The number of benzene rings is 2. The molecule has 1 aliphatic rings. The number of rotatable bonds is 12. The highest BCUT2D eigenvalue weighted by atomic mass is 31.2. The van der Waals surface area contributed by atoms with Crippen molar-refractivity contribution in [3.05, 3.63) is 66.2 Å². The number of carbonyl (C=O) groups is 3. The quantitative estimate of drug-likeness (QED) is 0.158. The van der Waals surface area contributed by atoms with E-state index in [2.05, 4.69) is 25.9 Å². The van der Waals surface area contributed by atoms with Gasteiger partial charge in [-0.1, -0.05) is 74.6 Å². The molecule has 13 heteroatoms. The van der Waals surface area contributed by atoms with Crippen LogP contribution in [0.4, 0.5) is 4.79 Å². The first-order valence-corrected chi connectivity index (χ1v) is 17.1. The lowest BCUT2D eigenvalue weighted by molar-refractivity contribution is -0.130. The minimum atomic E-state index is -4.71. The molecule has 1 aliphatic carbocycles. The van der Waals surface area contributed by atoms with Crippen molar-refractivity contribution in [3.8, 4) is 0 Å². The molecule has 0 radical (unpaired) electrons. The van der Waals surface area contributed by atoms with Crippen LogP contribution >= 0.6 is 7.60 Å². The summed E-state index contributed by atoms with van der Waals surface area (Å²) >= 11 is 0. The number of carbonyl (C=O) groups excluding carboxylic acids is 3. The van der Waals surface area contributed by atoms with Crippen LogP contribution in [0.3, 0.4) is 0 Å². The van der Waals surface area contributed by atoms with Crippen LogP contribution in [0.25, 0.3) is 10.8 Å². The van der Waals surface area contributed by atoms with E-state index in [-0.39, 0.29) is 25.2 Å². The van der Waals surface area contributed by atoms with Gasteiger partial charge in [0, 0.05) is 19.0 Å². The Hall–Kier alpha value is -3.73. The van der Waals surface area contributed by atoms with E-state index in [4.69, 9.17) is 4.74 Å². The van der Waals surface area contributed by atoms with Crippen LogP contribution in [0.1, 0.15) is 70.6 Å². The van der Waals surface area contributed by atoms with Gasteiger partial charge in [-0.25, -0.2) is 9.78 Å². The largest absolute Gasteiger partial charge is 0.444 e.